The Labute approximate surface area is 146 Å². The molecule has 1 saturated carbocycles. The number of fused-ring (bicyclic) bond motifs is 1. The van der Waals surface area contributed by atoms with E-state index in [4.69, 9.17) is 16.2 Å². The molecule has 1 aliphatic rings. The van der Waals surface area contributed by atoms with Crippen LogP contribution in [0.25, 0.3) is 10.9 Å². The third kappa shape index (κ3) is 2.87. The Bertz CT molecular complexity index is 910. The largest absolute Gasteiger partial charge is 0.446 e. The second-order valence-corrected chi connectivity index (χ2v) is 6.52. The molecule has 1 aliphatic carbocycles. The molecular formula is C17H18F3N3O3. The fourth-order valence-corrected chi connectivity index (χ4v) is 3.78. The van der Waals surface area contributed by atoms with E-state index in [1.54, 1.807) is 0 Å². The molecule has 2 unspecified atom stereocenters. The number of nitrogens with one attached hydrogen (secondary N) is 1. The molecule has 0 saturated heterocycles. The molecule has 1 aromatic carbocycles. The van der Waals surface area contributed by atoms with Crippen LogP contribution < -0.4 is 11.5 Å². The van der Waals surface area contributed by atoms with Crippen LogP contribution in [0.5, 0.6) is 0 Å². The van der Waals surface area contributed by atoms with Gasteiger partial charge in [-0.3, -0.25) is 4.79 Å². The Morgan fingerprint density at radius 1 is 1.12 bits per heavy atom. The molecule has 1 fully saturated rings. The lowest BCUT2D eigenvalue weighted by molar-refractivity contribution is 0.0765. The van der Waals surface area contributed by atoms with Crippen LogP contribution in [0.2, 0.25) is 0 Å². The minimum absolute atomic E-state index is 0.0366. The van der Waals surface area contributed by atoms with E-state index in [1.807, 2.05) is 0 Å². The molecule has 0 bridgehead atoms. The minimum atomic E-state index is -1.42. The van der Waals surface area contributed by atoms with Crippen molar-refractivity contribution in [2.75, 3.05) is 0 Å². The van der Waals surface area contributed by atoms with Crippen molar-refractivity contribution in [1.82, 2.24) is 4.98 Å². The van der Waals surface area contributed by atoms with Gasteiger partial charge in [0.2, 0.25) is 0 Å². The Balaban J connectivity index is 2.20. The third-order valence-electron chi connectivity index (χ3n) is 4.84. The van der Waals surface area contributed by atoms with Crippen LogP contribution in [-0.4, -0.2) is 23.1 Å². The Kier molecular flexibility index (Phi) is 4.55. The van der Waals surface area contributed by atoms with Gasteiger partial charge < -0.3 is 21.2 Å². The van der Waals surface area contributed by atoms with Crippen molar-refractivity contribution >= 4 is 22.9 Å². The number of amides is 2. The summed E-state index contributed by atoms with van der Waals surface area (Å²) in [5.41, 5.74) is 9.15. The monoisotopic (exact) mass is 369 g/mol. The molecule has 0 spiro atoms. The summed E-state index contributed by atoms with van der Waals surface area (Å²) in [6.07, 6.45) is 0.189. The highest BCUT2D eigenvalue weighted by molar-refractivity contribution is 6.06. The van der Waals surface area contributed by atoms with Gasteiger partial charge in [-0.05, 0) is 38.5 Å². The van der Waals surface area contributed by atoms with E-state index in [9.17, 15) is 22.8 Å². The first-order chi connectivity index (χ1) is 12.2. The number of carbonyl (C=O) groups is 2. The van der Waals surface area contributed by atoms with Crippen LogP contribution >= 0.6 is 0 Å². The number of H-pyrrole nitrogens is 1. The SMILES string of the molecule is Cc1[nH]c2c(C(N)=O)c(F)c(F)c(C3CCCC(OC(N)=O)C3)c2c1F. The standard InChI is InChI=1S/C17H18F3N3O3/c1-6-12(18)10-9(7-3-2-4-8(5-7)26-17(22)25)13(19)14(20)11(16(21)24)15(10)23-6/h7-8,23H,2-5H2,1H3,(H2,21,24)(H2,22,25). The number of aryl methyl sites for hydroxylation is 1. The third-order valence-corrected chi connectivity index (χ3v) is 4.84. The summed E-state index contributed by atoms with van der Waals surface area (Å²) in [7, 11) is 0. The van der Waals surface area contributed by atoms with E-state index in [2.05, 4.69) is 4.98 Å². The molecule has 2 atom stereocenters. The van der Waals surface area contributed by atoms with Gasteiger partial charge >= 0.3 is 6.09 Å². The summed E-state index contributed by atoms with van der Waals surface area (Å²) < 4.78 is 49.0. The van der Waals surface area contributed by atoms with Gasteiger partial charge in [0, 0.05) is 16.6 Å². The highest BCUT2D eigenvalue weighted by atomic mass is 19.2. The predicted octanol–water partition coefficient (Wildman–Crippen LogP) is 3.11. The summed E-state index contributed by atoms with van der Waals surface area (Å²) in [5, 5.41) is -0.195. The predicted molar refractivity (Wildman–Crippen MR) is 87.1 cm³/mol. The van der Waals surface area contributed by atoms with Gasteiger partial charge in [-0.2, -0.15) is 0 Å². The normalized spacial score (nSPS) is 20.3. The van der Waals surface area contributed by atoms with Gasteiger partial charge in [-0.25, -0.2) is 18.0 Å². The number of rotatable bonds is 3. The minimum Gasteiger partial charge on any atom is -0.446 e. The number of hydrogen-bond acceptors (Lipinski definition) is 3. The van der Waals surface area contributed by atoms with Crippen LogP contribution in [0, 0.1) is 24.4 Å². The maximum atomic E-state index is 14.8. The van der Waals surface area contributed by atoms with Crippen molar-refractivity contribution in [2.24, 2.45) is 11.5 Å². The summed E-state index contributed by atoms with van der Waals surface area (Å²) in [4.78, 5) is 25.1. The molecule has 26 heavy (non-hydrogen) atoms. The lowest BCUT2D eigenvalue weighted by Crippen LogP contribution is -2.28. The van der Waals surface area contributed by atoms with Crippen molar-refractivity contribution < 1.29 is 27.5 Å². The highest BCUT2D eigenvalue weighted by Crippen LogP contribution is 2.42. The highest BCUT2D eigenvalue weighted by Gasteiger charge is 2.34. The first-order valence-electron chi connectivity index (χ1n) is 8.16. The number of primary amides is 2. The van der Waals surface area contributed by atoms with E-state index in [-0.39, 0.29) is 28.6 Å². The van der Waals surface area contributed by atoms with Crippen molar-refractivity contribution in [3.05, 3.63) is 34.3 Å². The fourth-order valence-electron chi connectivity index (χ4n) is 3.78. The van der Waals surface area contributed by atoms with Gasteiger partial charge in [-0.15, -0.1) is 0 Å². The van der Waals surface area contributed by atoms with Crippen LogP contribution in [0.1, 0.15) is 53.2 Å². The molecule has 0 radical (unpaired) electrons. The van der Waals surface area contributed by atoms with Crippen LogP contribution in [0.4, 0.5) is 18.0 Å². The van der Waals surface area contributed by atoms with Crippen LogP contribution in [0.15, 0.2) is 0 Å². The van der Waals surface area contributed by atoms with Gasteiger partial charge in [0.15, 0.2) is 17.5 Å². The second-order valence-electron chi connectivity index (χ2n) is 6.52. The summed E-state index contributed by atoms with van der Waals surface area (Å²) >= 11 is 0. The zero-order valence-electron chi connectivity index (χ0n) is 14.0. The number of benzene rings is 1. The van der Waals surface area contributed by atoms with Crippen molar-refractivity contribution in [3.8, 4) is 0 Å². The molecule has 6 nitrogen and oxygen atoms in total. The van der Waals surface area contributed by atoms with E-state index >= 15 is 0 Å². The van der Waals surface area contributed by atoms with E-state index < -0.39 is 47.0 Å². The zero-order valence-corrected chi connectivity index (χ0v) is 14.0. The number of hydrogen-bond donors (Lipinski definition) is 3. The topological polar surface area (TPSA) is 111 Å². The Morgan fingerprint density at radius 3 is 2.42 bits per heavy atom. The van der Waals surface area contributed by atoms with Gasteiger partial charge in [0.1, 0.15) is 11.7 Å². The van der Waals surface area contributed by atoms with E-state index in [0.717, 1.165) is 0 Å². The van der Waals surface area contributed by atoms with Gasteiger partial charge in [0.25, 0.3) is 5.91 Å². The molecule has 0 aliphatic heterocycles. The lowest BCUT2D eigenvalue weighted by Gasteiger charge is -2.29. The average Bonchev–Trinajstić information content (AvgIpc) is 2.83. The molecule has 1 heterocycles. The summed E-state index contributed by atoms with van der Waals surface area (Å²) in [5.74, 6) is -5.29. The number of halogens is 3. The lowest BCUT2D eigenvalue weighted by atomic mass is 9.80. The average molecular weight is 369 g/mol. The number of aromatic nitrogens is 1. The first kappa shape index (κ1) is 18.1. The van der Waals surface area contributed by atoms with Crippen molar-refractivity contribution in [1.29, 1.82) is 0 Å². The molecule has 140 valence electrons. The van der Waals surface area contributed by atoms with E-state index in [0.29, 0.717) is 19.3 Å². The number of carbonyl (C=O) groups excluding carboxylic acids is 2. The molecule has 2 amide bonds. The maximum absolute atomic E-state index is 14.8. The van der Waals surface area contributed by atoms with Crippen molar-refractivity contribution in [3.63, 3.8) is 0 Å². The quantitative estimate of drug-likeness (QED) is 0.773. The van der Waals surface area contributed by atoms with Crippen LogP contribution in [-0.2, 0) is 4.74 Å². The van der Waals surface area contributed by atoms with E-state index in [1.165, 1.54) is 6.92 Å². The smallest absolute Gasteiger partial charge is 0.404 e. The first-order valence-corrected chi connectivity index (χ1v) is 8.16. The second kappa shape index (κ2) is 6.54. The molecule has 2 aromatic rings. The molecular weight excluding hydrogens is 351 g/mol. The van der Waals surface area contributed by atoms with Gasteiger partial charge in [0.05, 0.1) is 5.52 Å². The van der Waals surface area contributed by atoms with Gasteiger partial charge in [-0.1, -0.05) is 0 Å². The maximum Gasteiger partial charge on any atom is 0.404 e. The van der Waals surface area contributed by atoms with Crippen LogP contribution in [0.3, 0.4) is 0 Å². The molecule has 1 aromatic heterocycles. The van der Waals surface area contributed by atoms with Crippen molar-refractivity contribution in [2.45, 2.75) is 44.6 Å². The summed E-state index contributed by atoms with van der Waals surface area (Å²) in [6, 6.07) is 0. The zero-order chi connectivity index (χ0) is 19.2. The molecule has 3 rings (SSSR count). The summed E-state index contributed by atoms with van der Waals surface area (Å²) in [6.45, 7) is 1.39. The number of ether oxygens (including phenoxy) is 1. The number of nitrogens with two attached hydrogens (primary N) is 2. The molecule has 5 N–H and O–H groups in total. The Hall–Kier alpha value is -2.71. The fraction of sp³-hybridized carbons (Fsp3) is 0.412. The molecule has 9 heteroatoms. The Morgan fingerprint density at radius 2 is 1.81 bits per heavy atom. The number of aromatic amines is 1.